The van der Waals surface area contributed by atoms with Crippen molar-refractivity contribution in [1.29, 1.82) is 0 Å². The molecule has 10 rings (SSSR count). The first kappa shape index (κ1) is 20.3. The molecule has 0 heterocycles. The zero-order valence-corrected chi connectivity index (χ0v) is 21.5. The van der Waals surface area contributed by atoms with Crippen LogP contribution in [0.25, 0.3) is 60.5 Å². The molecule has 1 spiro atoms. The number of fused-ring (bicyclic) bond motifs is 15. The Morgan fingerprint density at radius 1 is 0.462 bits per heavy atom. The van der Waals surface area contributed by atoms with Crippen LogP contribution in [-0.4, -0.2) is 0 Å². The van der Waals surface area contributed by atoms with Crippen molar-refractivity contribution in [2.75, 3.05) is 0 Å². The molecule has 0 radical (unpaired) electrons. The van der Waals surface area contributed by atoms with Crippen molar-refractivity contribution < 1.29 is 0 Å². The van der Waals surface area contributed by atoms with Gasteiger partial charge in [0.2, 0.25) is 0 Å². The average Bonchev–Trinajstić information content (AvgIpc) is 3.59. The van der Waals surface area contributed by atoms with Gasteiger partial charge in [-0.15, -0.1) is 0 Å². The van der Waals surface area contributed by atoms with Gasteiger partial charge < -0.3 is 0 Å². The van der Waals surface area contributed by atoms with E-state index in [9.17, 15) is 0 Å². The van der Waals surface area contributed by atoms with Gasteiger partial charge in [0.05, 0.1) is 5.41 Å². The van der Waals surface area contributed by atoms with E-state index in [0.717, 1.165) is 12.8 Å². The highest BCUT2D eigenvalue weighted by Gasteiger charge is 2.54. The summed E-state index contributed by atoms with van der Waals surface area (Å²) in [5.41, 5.74) is 16.7. The summed E-state index contributed by atoms with van der Waals surface area (Å²) in [4.78, 5) is 0. The monoisotopic (exact) mass is 492 g/mol. The predicted octanol–water partition coefficient (Wildman–Crippen LogP) is 10.1. The maximum Gasteiger partial charge on any atom is 0.0722 e. The Morgan fingerprint density at radius 3 is 1.82 bits per heavy atom. The highest BCUT2D eigenvalue weighted by Crippen LogP contribution is 2.66. The van der Waals surface area contributed by atoms with Gasteiger partial charge in [0.25, 0.3) is 0 Å². The zero-order valence-electron chi connectivity index (χ0n) is 21.5. The lowest BCUT2D eigenvalue weighted by molar-refractivity contribution is 0.783. The Kier molecular flexibility index (Phi) is 3.56. The van der Waals surface area contributed by atoms with Crippen LogP contribution in [0.2, 0.25) is 0 Å². The van der Waals surface area contributed by atoms with E-state index in [4.69, 9.17) is 0 Å². The number of benzene rings is 6. The zero-order chi connectivity index (χ0) is 25.3. The Balaban J connectivity index is 1.41. The van der Waals surface area contributed by atoms with Gasteiger partial charge in [-0.25, -0.2) is 0 Å². The molecule has 0 amide bonds. The van der Waals surface area contributed by atoms with Crippen LogP contribution in [0.1, 0.15) is 35.1 Å². The maximum absolute atomic E-state index is 2.58. The SMILES string of the molecule is C1=C2C(=CCC1)C1(c3ccccc3-c3ccccc31)c1cc3c4c(cccc4c12)-c1cc2ccccc2cc1-3. The molecule has 180 valence electrons. The van der Waals surface area contributed by atoms with E-state index in [1.54, 1.807) is 0 Å². The average molecular weight is 493 g/mol. The third-order valence-electron chi connectivity index (χ3n) is 9.81. The summed E-state index contributed by atoms with van der Waals surface area (Å²) < 4.78 is 0. The second-order valence-electron chi connectivity index (χ2n) is 11.5. The fourth-order valence-corrected chi connectivity index (χ4v) is 8.42. The fraction of sp³-hybridized carbons (Fsp3) is 0.0769. The summed E-state index contributed by atoms with van der Waals surface area (Å²) in [6, 6.07) is 41.5. The van der Waals surface area contributed by atoms with Crippen LogP contribution < -0.4 is 0 Å². The third kappa shape index (κ3) is 2.22. The van der Waals surface area contributed by atoms with Gasteiger partial charge in [0.1, 0.15) is 0 Å². The minimum atomic E-state index is -0.269. The molecule has 0 N–H and O–H groups in total. The van der Waals surface area contributed by atoms with Gasteiger partial charge in [-0.1, -0.05) is 103 Å². The molecule has 0 nitrogen and oxygen atoms in total. The van der Waals surface area contributed by atoms with Crippen molar-refractivity contribution in [1.82, 2.24) is 0 Å². The van der Waals surface area contributed by atoms with Crippen molar-refractivity contribution >= 4 is 27.1 Å². The summed E-state index contributed by atoms with van der Waals surface area (Å²) in [7, 11) is 0. The molecule has 0 saturated carbocycles. The summed E-state index contributed by atoms with van der Waals surface area (Å²) in [5, 5.41) is 5.44. The van der Waals surface area contributed by atoms with E-state index < -0.39 is 0 Å². The number of rotatable bonds is 0. The lowest BCUT2D eigenvalue weighted by atomic mass is 9.69. The molecule has 6 aromatic carbocycles. The molecule has 0 aliphatic heterocycles. The number of hydrogen-bond donors (Lipinski definition) is 0. The van der Waals surface area contributed by atoms with Crippen LogP contribution in [-0.2, 0) is 5.41 Å². The van der Waals surface area contributed by atoms with Crippen LogP contribution in [0.5, 0.6) is 0 Å². The minimum Gasteiger partial charge on any atom is -0.0788 e. The predicted molar refractivity (Wildman–Crippen MR) is 163 cm³/mol. The third-order valence-corrected chi connectivity index (χ3v) is 9.81. The highest BCUT2D eigenvalue weighted by molar-refractivity contribution is 6.22. The lowest BCUT2D eigenvalue weighted by Gasteiger charge is -2.32. The van der Waals surface area contributed by atoms with Crippen molar-refractivity contribution in [3.63, 3.8) is 0 Å². The normalized spacial score (nSPS) is 16.5. The fourth-order valence-electron chi connectivity index (χ4n) is 8.42. The van der Waals surface area contributed by atoms with Crippen LogP contribution in [0.15, 0.2) is 127 Å². The van der Waals surface area contributed by atoms with E-state index in [1.165, 1.54) is 88.3 Å². The Morgan fingerprint density at radius 2 is 1.08 bits per heavy atom. The molecule has 0 heteroatoms. The molecule has 4 aliphatic carbocycles. The topological polar surface area (TPSA) is 0 Å². The summed E-state index contributed by atoms with van der Waals surface area (Å²) in [6.45, 7) is 0. The van der Waals surface area contributed by atoms with Gasteiger partial charge in [-0.3, -0.25) is 0 Å². The standard InChI is InChI=1S/C39H24/c1-2-11-24-21-31-30(20-23(24)10-1)27-15-9-16-29-37(27)32(31)22-36-38(29)28-14-5-8-19-35(28)39(36)33-17-6-3-12-25(33)26-13-4-7-18-34(26)39/h1-4,6-7,9-22H,5,8H2. The first-order chi connectivity index (χ1) is 19.4. The molecule has 4 aliphatic rings. The summed E-state index contributed by atoms with van der Waals surface area (Å²) in [5.74, 6) is 0. The van der Waals surface area contributed by atoms with E-state index in [0.29, 0.717) is 0 Å². The second-order valence-corrected chi connectivity index (χ2v) is 11.5. The lowest BCUT2D eigenvalue weighted by Crippen LogP contribution is -2.26. The Bertz CT molecular complexity index is 2120. The van der Waals surface area contributed by atoms with E-state index in [2.05, 4.69) is 121 Å². The van der Waals surface area contributed by atoms with Gasteiger partial charge in [0.15, 0.2) is 0 Å². The molecule has 39 heavy (non-hydrogen) atoms. The van der Waals surface area contributed by atoms with E-state index >= 15 is 0 Å². The van der Waals surface area contributed by atoms with Gasteiger partial charge in [-0.05, 0) is 119 Å². The molecule has 6 aromatic rings. The summed E-state index contributed by atoms with van der Waals surface area (Å²) in [6.07, 6.45) is 7.28. The minimum absolute atomic E-state index is 0.269. The smallest absolute Gasteiger partial charge is 0.0722 e. The molecule has 0 aromatic heterocycles. The number of allylic oxidation sites excluding steroid dienone is 4. The first-order valence-electron chi connectivity index (χ1n) is 14.1. The molecular weight excluding hydrogens is 468 g/mol. The maximum atomic E-state index is 2.58. The van der Waals surface area contributed by atoms with E-state index in [1.807, 2.05) is 0 Å². The molecule has 0 unspecified atom stereocenters. The van der Waals surface area contributed by atoms with Gasteiger partial charge >= 0.3 is 0 Å². The van der Waals surface area contributed by atoms with Crippen molar-refractivity contribution in [3.8, 4) is 33.4 Å². The molecule has 0 saturated heterocycles. The van der Waals surface area contributed by atoms with Crippen LogP contribution >= 0.6 is 0 Å². The Labute approximate surface area is 227 Å². The van der Waals surface area contributed by atoms with Crippen LogP contribution in [0.3, 0.4) is 0 Å². The molecule has 0 bridgehead atoms. The molecular formula is C39H24. The first-order valence-corrected chi connectivity index (χ1v) is 14.1. The van der Waals surface area contributed by atoms with Crippen molar-refractivity contribution in [2.24, 2.45) is 0 Å². The van der Waals surface area contributed by atoms with Crippen LogP contribution in [0, 0.1) is 0 Å². The number of hydrogen-bond acceptors (Lipinski definition) is 0. The van der Waals surface area contributed by atoms with Crippen molar-refractivity contribution in [3.05, 3.63) is 149 Å². The van der Waals surface area contributed by atoms with E-state index in [-0.39, 0.29) is 5.41 Å². The Hall–Kier alpha value is -4.68. The van der Waals surface area contributed by atoms with Gasteiger partial charge in [0, 0.05) is 0 Å². The largest absolute Gasteiger partial charge is 0.0788 e. The molecule has 0 fully saturated rings. The molecule has 0 atom stereocenters. The summed E-state index contributed by atoms with van der Waals surface area (Å²) >= 11 is 0. The quantitative estimate of drug-likeness (QED) is 0.198. The van der Waals surface area contributed by atoms with Crippen LogP contribution in [0.4, 0.5) is 0 Å². The highest BCUT2D eigenvalue weighted by atomic mass is 14.6. The van der Waals surface area contributed by atoms with Gasteiger partial charge in [-0.2, -0.15) is 0 Å². The second kappa shape index (κ2) is 6.84. The van der Waals surface area contributed by atoms with Crippen molar-refractivity contribution in [2.45, 2.75) is 18.3 Å².